The zero-order chi connectivity index (χ0) is 14.7. The summed E-state index contributed by atoms with van der Waals surface area (Å²) < 4.78 is 1.88. The number of amides is 1. The standard InChI is InChI=1S/C15H18N2O3/c1-16(2)14(18)10-17-9-11(7-8-15(19)20)12-5-3-4-6-13(12)17/h3-6,9H,7-8,10H2,1-2H3,(H,19,20). The van der Waals surface area contributed by atoms with Gasteiger partial charge in [-0.15, -0.1) is 0 Å². The number of likely N-dealkylation sites (N-methyl/N-ethyl adjacent to an activating group) is 1. The number of fused-ring (bicyclic) bond motifs is 1. The summed E-state index contributed by atoms with van der Waals surface area (Å²) in [6, 6.07) is 7.75. The van der Waals surface area contributed by atoms with Crippen molar-refractivity contribution in [1.82, 2.24) is 9.47 Å². The molecule has 1 heterocycles. The van der Waals surface area contributed by atoms with Crippen molar-refractivity contribution in [2.45, 2.75) is 19.4 Å². The fraction of sp³-hybridized carbons (Fsp3) is 0.333. The van der Waals surface area contributed by atoms with Crippen LogP contribution in [-0.4, -0.2) is 40.5 Å². The van der Waals surface area contributed by atoms with Gasteiger partial charge in [-0.05, 0) is 18.1 Å². The Balaban J connectivity index is 2.35. The highest BCUT2D eigenvalue weighted by molar-refractivity contribution is 5.86. The van der Waals surface area contributed by atoms with Gasteiger partial charge < -0.3 is 14.6 Å². The number of benzene rings is 1. The molecule has 0 fully saturated rings. The largest absolute Gasteiger partial charge is 0.481 e. The number of carboxylic acids is 1. The van der Waals surface area contributed by atoms with Crippen LogP contribution in [0, 0.1) is 0 Å². The summed E-state index contributed by atoms with van der Waals surface area (Å²) in [7, 11) is 3.44. The molecule has 0 saturated heterocycles. The maximum absolute atomic E-state index is 11.8. The number of carboxylic acid groups (broad SMARTS) is 1. The van der Waals surface area contributed by atoms with Crippen LogP contribution in [-0.2, 0) is 22.6 Å². The van der Waals surface area contributed by atoms with Gasteiger partial charge in [0, 0.05) is 37.6 Å². The van der Waals surface area contributed by atoms with Gasteiger partial charge >= 0.3 is 5.97 Å². The Hall–Kier alpha value is -2.30. The monoisotopic (exact) mass is 274 g/mol. The molecule has 1 aromatic carbocycles. The summed E-state index contributed by atoms with van der Waals surface area (Å²) in [5.41, 5.74) is 1.93. The number of hydrogen-bond donors (Lipinski definition) is 1. The Morgan fingerprint density at radius 3 is 2.60 bits per heavy atom. The van der Waals surface area contributed by atoms with Crippen molar-refractivity contribution in [2.24, 2.45) is 0 Å². The van der Waals surface area contributed by atoms with Crippen molar-refractivity contribution < 1.29 is 14.7 Å². The predicted molar refractivity (Wildman–Crippen MR) is 76.6 cm³/mol. The Labute approximate surface area is 117 Å². The lowest BCUT2D eigenvalue weighted by Crippen LogP contribution is -2.25. The molecule has 0 spiro atoms. The van der Waals surface area contributed by atoms with Gasteiger partial charge in [-0.25, -0.2) is 0 Å². The van der Waals surface area contributed by atoms with Gasteiger partial charge in [0.1, 0.15) is 6.54 Å². The lowest BCUT2D eigenvalue weighted by atomic mass is 10.1. The van der Waals surface area contributed by atoms with Crippen LogP contribution in [0.2, 0.25) is 0 Å². The van der Waals surface area contributed by atoms with Crippen LogP contribution in [0.25, 0.3) is 10.9 Å². The molecule has 2 rings (SSSR count). The van der Waals surface area contributed by atoms with Crippen LogP contribution < -0.4 is 0 Å². The molecule has 0 atom stereocenters. The van der Waals surface area contributed by atoms with Crippen molar-refractivity contribution in [2.75, 3.05) is 14.1 Å². The molecule has 0 saturated carbocycles. The topological polar surface area (TPSA) is 62.5 Å². The third-order valence-corrected chi connectivity index (χ3v) is 3.28. The van der Waals surface area contributed by atoms with Crippen LogP contribution in [0.5, 0.6) is 0 Å². The van der Waals surface area contributed by atoms with E-state index in [1.807, 2.05) is 35.0 Å². The number of aryl methyl sites for hydroxylation is 1. The molecule has 106 valence electrons. The molecule has 0 radical (unpaired) electrons. The number of nitrogens with zero attached hydrogens (tertiary/aromatic N) is 2. The minimum atomic E-state index is -0.814. The molecule has 1 amide bonds. The third-order valence-electron chi connectivity index (χ3n) is 3.28. The highest BCUT2D eigenvalue weighted by Crippen LogP contribution is 2.22. The van der Waals surface area contributed by atoms with Gasteiger partial charge in [-0.3, -0.25) is 9.59 Å². The van der Waals surface area contributed by atoms with Gasteiger partial charge in [-0.1, -0.05) is 18.2 Å². The van der Waals surface area contributed by atoms with Gasteiger partial charge in [0.2, 0.25) is 5.91 Å². The van der Waals surface area contributed by atoms with Crippen molar-refractivity contribution in [3.8, 4) is 0 Å². The number of carbonyl (C=O) groups excluding carboxylic acids is 1. The maximum Gasteiger partial charge on any atom is 0.303 e. The molecular formula is C15H18N2O3. The highest BCUT2D eigenvalue weighted by Gasteiger charge is 2.12. The number of para-hydroxylation sites is 1. The summed E-state index contributed by atoms with van der Waals surface area (Å²) in [6.07, 6.45) is 2.45. The molecular weight excluding hydrogens is 256 g/mol. The average molecular weight is 274 g/mol. The fourth-order valence-electron chi connectivity index (χ4n) is 2.18. The zero-order valence-corrected chi connectivity index (χ0v) is 11.7. The zero-order valence-electron chi connectivity index (χ0n) is 11.7. The van der Waals surface area contributed by atoms with Crippen molar-refractivity contribution in [3.05, 3.63) is 36.0 Å². The van der Waals surface area contributed by atoms with Gasteiger partial charge in [0.25, 0.3) is 0 Å². The minimum Gasteiger partial charge on any atom is -0.481 e. The summed E-state index contributed by atoms with van der Waals surface area (Å²) in [6.45, 7) is 0.264. The van der Waals surface area contributed by atoms with Gasteiger partial charge in [-0.2, -0.15) is 0 Å². The van der Waals surface area contributed by atoms with Crippen LogP contribution in [0.1, 0.15) is 12.0 Å². The fourth-order valence-corrected chi connectivity index (χ4v) is 2.18. The van der Waals surface area contributed by atoms with E-state index in [1.54, 1.807) is 19.0 Å². The smallest absolute Gasteiger partial charge is 0.303 e. The van der Waals surface area contributed by atoms with E-state index in [9.17, 15) is 9.59 Å². The molecule has 0 unspecified atom stereocenters. The first kappa shape index (κ1) is 14.1. The quantitative estimate of drug-likeness (QED) is 0.903. The van der Waals surface area contributed by atoms with Crippen LogP contribution >= 0.6 is 0 Å². The van der Waals surface area contributed by atoms with Crippen LogP contribution in [0.3, 0.4) is 0 Å². The van der Waals surface area contributed by atoms with E-state index in [2.05, 4.69) is 0 Å². The Morgan fingerprint density at radius 1 is 1.25 bits per heavy atom. The minimum absolute atomic E-state index is 0.00976. The predicted octanol–water partition coefficient (Wildman–Crippen LogP) is 1.75. The van der Waals surface area contributed by atoms with E-state index < -0.39 is 5.97 Å². The number of carbonyl (C=O) groups is 2. The summed E-state index contributed by atoms with van der Waals surface area (Å²) in [4.78, 5) is 24.1. The summed E-state index contributed by atoms with van der Waals surface area (Å²) in [5, 5.41) is 9.82. The Kier molecular flexibility index (Phi) is 4.08. The first-order valence-electron chi connectivity index (χ1n) is 6.47. The normalized spacial score (nSPS) is 10.7. The second-order valence-corrected chi connectivity index (χ2v) is 4.98. The molecule has 0 aliphatic carbocycles. The summed E-state index contributed by atoms with van der Waals surface area (Å²) >= 11 is 0. The Bertz CT molecular complexity index is 644. The third kappa shape index (κ3) is 2.99. The van der Waals surface area contributed by atoms with E-state index in [-0.39, 0.29) is 18.9 Å². The van der Waals surface area contributed by atoms with E-state index in [0.717, 1.165) is 16.5 Å². The van der Waals surface area contributed by atoms with Crippen LogP contribution in [0.4, 0.5) is 0 Å². The van der Waals surface area contributed by atoms with E-state index >= 15 is 0 Å². The molecule has 20 heavy (non-hydrogen) atoms. The van der Waals surface area contributed by atoms with E-state index in [4.69, 9.17) is 5.11 Å². The van der Waals surface area contributed by atoms with Crippen molar-refractivity contribution >= 4 is 22.8 Å². The molecule has 0 aliphatic rings. The first-order chi connectivity index (χ1) is 9.49. The van der Waals surface area contributed by atoms with E-state index in [1.165, 1.54) is 0 Å². The molecule has 5 heteroatoms. The summed E-state index contributed by atoms with van der Waals surface area (Å²) in [5.74, 6) is -0.804. The molecule has 1 aromatic heterocycles. The number of hydrogen-bond acceptors (Lipinski definition) is 2. The Morgan fingerprint density at radius 2 is 1.95 bits per heavy atom. The highest BCUT2D eigenvalue weighted by atomic mass is 16.4. The second-order valence-electron chi connectivity index (χ2n) is 4.98. The van der Waals surface area contributed by atoms with Gasteiger partial charge in [0.15, 0.2) is 0 Å². The first-order valence-corrected chi connectivity index (χ1v) is 6.47. The number of rotatable bonds is 5. The molecule has 2 aromatic rings. The van der Waals surface area contributed by atoms with Crippen LogP contribution in [0.15, 0.2) is 30.5 Å². The maximum atomic E-state index is 11.8. The second kappa shape index (κ2) is 5.77. The van der Waals surface area contributed by atoms with Gasteiger partial charge in [0.05, 0.1) is 0 Å². The lowest BCUT2D eigenvalue weighted by Gasteiger charge is -2.11. The molecule has 1 N–H and O–H groups in total. The van der Waals surface area contributed by atoms with Crippen molar-refractivity contribution in [3.63, 3.8) is 0 Å². The number of aliphatic carboxylic acids is 1. The number of aromatic nitrogens is 1. The lowest BCUT2D eigenvalue weighted by molar-refractivity contribution is -0.137. The SMILES string of the molecule is CN(C)C(=O)Cn1cc(CCC(=O)O)c2ccccc21. The molecule has 0 bridgehead atoms. The molecule has 0 aliphatic heterocycles. The average Bonchev–Trinajstić information content (AvgIpc) is 2.75. The van der Waals surface area contributed by atoms with Crippen molar-refractivity contribution in [1.29, 1.82) is 0 Å². The van der Waals surface area contributed by atoms with E-state index in [0.29, 0.717) is 6.42 Å². The molecule has 5 nitrogen and oxygen atoms in total.